The number of nitrogens with one attached hydrogen (secondary N) is 1. The lowest BCUT2D eigenvalue weighted by Gasteiger charge is -2.39. The van der Waals surface area contributed by atoms with Gasteiger partial charge in [-0.3, -0.25) is 24.6 Å². The predicted molar refractivity (Wildman–Crippen MR) is 146 cm³/mol. The Balaban J connectivity index is 1.12. The maximum absolute atomic E-state index is 13.1. The lowest BCUT2D eigenvalue weighted by molar-refractivity contribution is -0.132. The fourth-order valence-corrected chi connectivity index (χ4v) is 4.84. The Hall–Kier alpha value is -4.24. The van der Waals surface area contributed by atoms with Crippen LogP contribution in [0.25, 0.3) is 0 Å². The van der Waals surface area contributed by atoms with Gasteiger partial charge in [0.25, 0.3) is 5.91 Å². The van der Waals surface area contributed by atoms with Crippen molar-refractivity contribution in [3.05, 3.63) is 94.8 Å². The second-order valence-electron chi connectivity index (χ2n) is 10.2. The molecule has 1 unspecified atom stereocenters. The van der Waals surface area contributed by atoms with E-state index in [1.54, 1.807) is 38.1 Å². The first-order chi connectivity index (χ1) is 19.3. The highest BCUT2D eigenvalue weighted by molar-refractivity contribution is 6.04. The molecule has 0 bridgehead atoms. The summed E-state index contributed by atoms with van der Waals surface area (Å²) in [5.41, 5.74) is 3.42. The van der Waals surface area contributed by atoms with Gasteiger partial charge in [0.2, 0.25) is 11.8 Å². The van der Waals surface area contributed by atoms with Gasteiger partial charge in [-0.05, 0) is 54.4 Å². The maximum atomic E-state index is 13.1. The zero-order chi connectivity index (χ0) is 28.2. The summed E-state index contributed by atoms with van der Waals surface area (Å²) in [6, 6.07) is 18.8. The first kappa shape index (κ1) is 27.3. The molecule has 0 saturated carbocycles. The number of hydrogen-bond acceptors (Lipinski definition) is 6. The molecule has 3 aromatic rings. The van der Waals surface area contributed by atoms with Crippen LogP contribution < -0.4 is 14.8 Å². The van der Waals surface area contributed by atoms with E-state index in [9.17, 15) is 18.8 Å². The van der Waals surface area contributed by atoms with Gasteiger partial charge in [0.15, 0.2) is 0 Å². The highest BCUT2D eigenvalue weighted by Crippen LogP contribution is 2.32. The second kappa shape index (κ2) is 11.9. The van der Waals surface area contributed by atoms with Gasteiger partial charge in [0.1, 0.15) is 36.1 Å². The van der Waals surface area contributed by atoms with E-state index in [2.05, 4.69) is 22.3 Å². The Morgan fingerprint density at radius 1 is 1.02 bits per heavy atom. The summed E-state index contributed by atoms with van der Waals surface area (Å²) in [6.45, 7) is 6.28. The first-order valence-corrected chi connectivity index (χ1v) is 13.4. The lowest BCUT2D eigenvalue weighted by Crippen LogP contribution is -2.53. The Morgan fingerprint density at radius 2 is 1.73 bits per heavy atom. The van der Waals surface area contributed by atoms with Gasteiger partial charge in [-0.2, -0.15) is 0 Å². The van der Waals surface area contributed by atoms with Gasteiger partial charge in [-0.25, -0.2) is 4.39 Å². The normalized spacial score (nSPS) is 15.8. The topological polar surface area (TPSA) is 88.2 Å². The minimum Gasteiger partial charge on any atom is -0.489 e. The van der Waals surface area contributed by atoms with Crippen LogP contribution in [-0.2, 0) is 29.3 Å². The monoisotopic (exact) mass is 545 g/mol. The molecule has 0 aliphatic carbocycles. The molecule has 3 aromatic carbocycles. The molecule has 2 heterocycles. The van der Waals surface area contributed by atoms with Crippen molar-refractivity contribution in [3.8, 4) is 11.5 Å². The zero-order valence-electron chi connectivity index (χ0n) is 22.6. The van der Waals surface area contributed by atoms with Gasteiger partial charge < -0.3 is 14.4 Å². The number of hydrogen-bond donors (Lipinski definition) is 1. The SMILES string of the molecule is CCC(=O)NC(=O)C(C)N1Cc2c(OCc3ccc(CN4CC(Oc5ccc(F)cc5)C4)cc3)cccc2C1=O. The Bertz CT molecular complexity index is 1390. The lowest BCUT2D eigenvalue weighted by atomic mass is 10.1. The summed E-state index contributed by atoms with van der Waals surface area (Å²) >= 11 is 0. The number of carbonyl (C=O) groups excluding carboxylic acids is 3. The summed E-state index contributed by atoms with van der Waals surface area (Å²) in [6.07, 6.45) is 0.294. The zero-order valence-corrected chi connectivity index (χ0v) is 22.6. The molecular weight excluding hydrogens is 513 g/mol. The Labute approximate surface area is 232 Å². The summed E-state index contributed by atoms with van der Waals surface area (Å²) in [4.78, 5) is 40.8. The summed E-state index contributed by atoms with van der Waals surface area (Å²) in [7, 11) is 0. The van der Waals surface area contributed by atoms with Crippen molar-refractivity contribution in [1.82, 2.24) is 15.1 Å². The third-order valence-electron chi connectivity index (χ3n) is 7.25. The van der Waals surface area contributed by atoms with Crippen molar-refractivity contribution in [3.63, 3.8) is 0 Å². The van der Waals surface area contributed by atoms with Crippen LogP contribution in [0.1, 0.15) is 47.3 Å². The van der Waals surface area contributed by atoms with E-state index >= 15 is 0 Å². The maximum Gasteiger partial charge on any atom is 0.255 e. The van der Waals surface area contributed by atoms with Crippen LogP contribution >= 0.6 is 0 Å². The molecule has 0 spiro atoms. The highest BCUT2D eigenvalue weighted by Gasteiger charge is 2.36. The van der Waals surface area contributed by atoms with Crippen molar-refractivity contribution in [2.75, 3.05) is 13.1 Å². The van der Waals surface area contributed by atoms with Gasteiger partial charge in [0, 0.05) is 37.2 Å². The first-order valence-electron chi connectivity index (χ1n) is 13.4. The number of likely N-dealkylation sites (tertiary alicyclic amines) is 1. The van der Waals surface area contributed by atoms with Crippen LogP contribution in [0, 0.1) is 5.82 Å². The molecule has 0 radical (unpaired) electrons. The molecule has 1 N–H and O–H groups in total. The third kappa shape index (κ3) is 6.15. The number of amides is 3. The number of nitrogens with zero attached hydrogens (tertiary/aromatic N) is 2. The number of halogens is 1. The van der Waals surface area contributed by atoms with Crippen molar-refractivity contribution < 1.29 is 28.2 Å². The molecule has 9 heteroatoms. The largest absolute Gasteiger partial charge is 0.489 e. The average molecular weight is 546 g/mol. The third-order valence-corrected chi connectivity index (χ3v) is 7.25. The van der Waals surface area contributed by atoms with Crippen LogP contribution in [0.2, 0.25) is 0 Å². The minimum absolute atomic E-state index is 0.102. The Kier molecular flexibility index (Phi) is 8.11. The van der Waals surface area contributed by atoms with Crippen molar-refractivity contribution in [2.24, 2.45) is 0 Å². The second-order valence-corrected chi connectivity index (χ2v) is 10.2. The molecule has 3 amide bonds. The highest BCUT2D eigenvalue weighted by atomic mass is 19.1. The van der Waals surface area contributed by atoms with E-state index in [0.717, 1.165) is 30.8 Å². The van der Waals surface area contributed by atoms with E-state index in [0.29, 0.717) is 23.7 Å². The van der Waals surface area contributed by atoms with Crippen molar-refractivity contribution >= 4 is 17.7 Å². The average Bonchev–Trinajstić information content (AvgIpc) is 3.28. The smallest absolute Gasteiger partial charge is 0.255 e. The van der Waals surface area contributed by atoms with E-state index in [4.69, 9.17) is 9.47 Å². The van der Waals surface area contributed by atoms with Crippen LogP contribution in [0.5, 0.6) is 11.5 Å². The fraction of sp³-hybridized carbons (Fsp3) is 0.323. The van der Waals surface area contributed by atoms with E-state index in [-0.39, 0.29) is 36.7 Å². The summed E-state index contributed by atoms with van der Waals surface area (Å²) in [5.74, 6) is -0.121. The van der Waals surface area contributed by atoms with Crippen LogP contribution in [0.4, 0.5) is 4.39 Å². The molecule has 5 rings (SSSR count). The molecule has 2 aliphatic rings. The fourth-order valence-electron chi connectivity index (χ4n) is 4.84. The number of imide groups is 1. The van der Waals surface area contributed by atoms with E-state index < -0.39 is 11.9 Å². The molecule has 8 nitrogen and oxygen atoms in total. The van der Waals surface area contributed by atoms with Crippen LogP contribution in [0.15, 0.2) is 66.7 Å². The molecule has 1 fully saturated rings. The molecule has 208 valence electrons. The Morgan fingerprint density at radius 3 is 2.42 bits per heavy atom. The van der Waals surface area contributed by atoms with E-state index in [1.165, 1.54) is 22.6 Å². The number of fused-ring (bicyclic) bond motifs is 1. The molecule has 2 aliphatic heterocycles. The number of ether oxygens (including phenoxy) is 2. The molecule has 1 saturated heterocycles. The summed E-state index contributed by atoms with van der Waals surface area (Å²) < 4.78 is 25.0. The van der Waals surface area contributed by atoms with Gasteiger partial charge >= 0.3 is 0 Å². The summed E-state index contributed by atoms with van der Waals surface area (Å²) in [5, 5.41) is 2.33. The predicted octanol–water partition coefficient (Wildman–Crippen LogP) is 4.07. The number of benzene rings is 3. The van der Waals surface area contributed by atoms with Gasteiger partial charge in [0.05, 0.1) is 6.54 Å². The van der Waals surface area contributed by atoms with Crippen molar-refractivity contribution in [2.45, 2.75) is 52.1 Å². The molecule has 0 aromatic heterocycles. The molecule has 1 atom stereocenters. The van der Waals surface area contributed by atoms with E-state index in [1.807, 2.05) is 18.2 Å². The quantitative estimate of drug-likeness (QED) is 0.414. The molecular formula is C31H32FN3O5. The van der Waals surface area contributed by atoms with Crippen LogP contribution in [0.3, 0.4) is 0 Å². The van der Waals surface area contributed by atoms with Crippen LogP contribution in [-0.4, -0.2) is 52.8 Å². The van der Waals surface area contributed by atoms with Gasteiger partial charge in [-0.1, -0.05) is 37.3 Å². The minimum atomic E-state index is -0.785. The molecule has 40 heavy (non-hydrogen) atoms. The van der Waals surface area contributed by atoms with Crippen molar-refractivity contribution in [1.29, 1.82) is 0 Å². The standard InChI is InChI=1S/C31H32FN3O5/c1-3-29(36)33-30(37)20(2)35-18-27-26(31(35)38)5-4-6-28(27)39-19-22-9-7-21(8-10-22)15-34-16-25(17-34)40-24-13-11-23(32)12-14-24/h4-14,20,25H,3,15-19H2,1-2H3,(H,33,36,37). The van der Waals surface area contributed by atoms with Gasteiger partial charge in [-0.15, -0.1) is 0 Å². The number of carbonyl (C=O) groups is 3. The number of rotatable bonds is 10.